The molecule has 28 heavy (non-hydrogen) atoms. The fourth-order valence-corrected chi connectivity index (χ4v) is 3.75. The fraction of sp³-hybridized carbons (Fsp3) is 0.556. The lowest BCUT2D eigenvalue weighted by Gasteiger charge is -2.37. The number of rotatable bonds is 5. The summed E-state index contributed by atoms with van der Waals surface area (Å²) in [7, 11) is 0. The zero-order valence-electron chi connectivity index (χ0n) is 15.0. The van der Waals surface area contributed by atoms with Crippen molar-refractivity contribution in [1.82, 2.24) is 15.5 Å². The molecule has 0 spiro atoms. The quantitative estimate of drug-likeness (QED) is 0.770. The van der Waals surface area contributed by atoms with E-state index in [0.717, 1.165) is 5.56 Å². The van der Waals surface area contributed by atoms with Gasteiger partial charge in [0.05, 0.1) is 19.1 Å². The van der Waals surface area contributed by atoms with Gasteiger partial charge in [-0.3, -0.25) is 9.69 Å². The Balaban J connectivity index is 1.69. The van der Waals surface area contributed by atoms with E-state index in [1.165, 1.54) is 4.90 Å². The highest BCUT2D eigenvalue weighted by Gasteiger charge is 2.36. The highest BCUT2D eigenvalue weighted by molar-refractivity contribution is 6.30. The van der Waals surface area contributed by atoms with Gasteiger partial charge >= 0.3 is 12.3 Å². The molecule has 0 saturated carbocycles. The summed E-state index contributed by atoms with van der Waals surface area (Å²) in [6, 6.07) is 6.57. The average Bonchev–Trinajstić information content (AvgIpc) is 3.06. The Morgan fingerprint density at radius 2 is 1.93 bits per heavy atom. The van der Waals surface area contributed by atoms with Crippen molar-refractivity contribution in [3.8, 4) is 0 Å². The largest absolute Gasteiger partial charge is 0.434 e. The minimum atomic E-state index is -4.23. The van der Waals surface area contributed by atoms with Gasteiger partial charge in [0.1, 0.15) is 0 Å². The maximum Gasteiger partial charge on any atom is 0.408 e. The Kier molecular flexibility index (Phi) is 6.34. The number of hydrogen-bond donors (Lipinski definition) is 2. The molecule has 3 rings (SSSR count). The van der Waals surface area contributed by atoms with Crippen molar-refractivity contribution < 1.29 is 27.5 Å². The van der Waals surface area contributed by atoms with Gasteiger partial charge in [-0.05, 0) is 49.5 Å². The molecule has 10 heteroatoms. The number of carbonyl (C=O) groups excluding carboxylic acids is 2. The van der Waals surface area contributed by atoms with Crippen LogP contribution in [0.25, 0.3) is 0 Å². The first-order chi connectivity index (χ1) is 13.2. The summed E-state index contributed by atoms with van der Waals surface area (Å²) in [5, 5.41) is 5.88. The van der Waals surface area contributed by atoms with Gasteiger partial charge in [-0.15, -0.1) is 0 Å². The number of nitrogens with zero attached hydrogens (tertiary/aromatic N) is 1. The van der Waals surface area contributed by atoms with Gasteiger partial charge in [0, 0.05) is 5.02 Å². The van der Waals surface area contributed by atoms with Crippen LogP contribution in [0.4, 0.5) is 18.0 Å². The van der Waals surface area contributed by atoms with Crippen LogP contribution in [0.15, 0.2) is 24.3 Å². The molecule has 2 N–H and O–H groups in total. The molecule has 1 unspecified atom stereocenters. The highest BCUT2D eigenvalue weighted by atomic mass is 35.5. The molecule has 154 valence electrons. The van der Waals surface area contributed by atoms with Crippen molar-refractivity contribution in [3.63, 3.8) is 0 Å². The number of hydrogen-bond acceptors (Lipinski definition) is 4. The monoisotopic (exact) mass is 419 g/mol. The summed E-state index contributed by atoms with van der Waals surface area (Å²) >= 11 is 5.94. The van der Waals surface area contributed by atoms with Crippen molar-refractivity contribution in [3.05, 3.63) is 34.9 Å². The lowest BCUT2D eigenvalue weighted by Crippen LogP contribution is -2.46. The zero-order chi connectivity index (χ0) is 20.3. The number of likely N-dealkylation sites (tertiary alicyclic amines) is 1. The van der Waals surface area contributed by atoms with Crippen LogP contribution in [0.1, 0.15) is 24.4 Å². The summed E-state index contributed by atoms with van der Waals surface area (Å²) < 4.78 is 42.8. The van der Waals surface area contributed by atoms with Gasteiger partial charge < -0.3 is 15.4 Å². The maximum absolute atomic E-state index is 12.6. The number of benzene rings is 1. The third kappa shape index (κ3) is 5.51. The van der Waals surface area contributed by atoms with Crippen LogP contribution in [0, 0.1) is 5.92 Å². The first-order valence-corrected chi connectivity index (χ1v) is 9.38. The smallest absolute Gasteiger partial charge is 0.408 e. The Bertz CT molecular complexity index is 706. The Morgan fingerprint density at radius 3 is 2.46 bits per heavy atom. The average molecular weight is 420 g/mol. The summed E-state index contributed by atoms with van der Waals surface area (Å²) in [6.07, 6.45) is -4.79. The van der Waals surface area contributed by atoms with Gasteiger partial charge in [0.2, 0.25) is 0 Å². The molecule has 1 aromatic carbocycles. The number of nitrogens with one attached hydrogen (secondary N) is 2. The van der Waals surface area contributed by atoms with Gasteiger partial charge in [-0.1, -0.05) is 23.7 Å². The summed E-state index contributed by atoms with van der Waals surface area (Å²) in [5.41, 5.74) is 0.810. The van der Waals surface area contributed by atoms with Crippen molar-refractivity contribution in [2.75, 3.05) is 26.2 Å². The second-order valence-electron chi connectivity index (χ2n) is 7.04. The van der Waals surface area contributed by atoms with E-state index in [2.05, 4.69) is 10.6 Å². The van der Waals surface area contributed by atoms with E-state index >= 15 is 0 Å². The maximum atomic E-state index is 12.6. The lowest BCUT2D eigenvalue weighted by molar-refractivity contribution is -0.149. The number of halogens is 4. The van der Waals surface area contributed by atoms with Gasteiger partial charge in [-0.25, -0.2) is 4.79 Å². The molecule has 2 amide bonds. The fourth-order valence-electron chi connectivity index (χ4n) is 3.62. The van der Waals surface area contributed by atoms with E-state index in [4.69, 9.17) is 16.3 Å². The summed E-state index contributed by atoms with van der Waals surface area (Å²) in [4.78, 5) is 25.1. The lowest BCUT2D eigenvalue weighted by atomic mass is 9.85. The SMILES string of the molecule is O=C1NCC(C(=O)N[C@@H](c2ccc(Cl)cc2)C2CCN(CC(F)(F)F)CC2)O1. The van der Waals surface area contributed by atoms with Crippen LogP contribution in [0.3, 0.4) is 0 Å². The number of piperidine rings is 1. The van der Waals surface area contributed by atoms with Crippen molar-refractivity contribution in [2.45, 2.75) is 31.2 Å². The molecule has 0 bridgehead atoms. The van der Waals surface area contributed by atoms with Crippen LogP contribution >= 0.6 is 11.6 Å². The van der Waals surface area contributed by atoms with Crippen molar-refractivity contribution in [1.29, 1.82) is 0 Å². The van der Waals surface area contributed by atoms with Crippen LogP contribution in [-0.2, 0) is 9.53 Å². The number of cyclic esters (lactones) is 1. The molecular weight excluding hydrogens is 399 g/mol. The molecule has 0 aromatic heterocycles. The van der Waals surface area contributed by atoms with Crippen LogP contribution in [0.5, 0.6) is 0 Å². The number of alkyl carbamates (subject to hydrolysis) is 1. The minimum Gasteiger partial charge on any atom is -0.434 e. The second kappa shape index (κ2) is 8.57. The first-order valence-electron chi connectivity index (χ1n) is 9.01. The Labute approximate surface area is 165 Å². The third-order valence-electron chi connectivity index (χ3n) is 5.01. The second-order valence-corrected chi connectivity index (χ2v) is 7.48. The van der Waals surface area contributed by atoms with Gasteiger partial charge in [0.15, 0.2) is 6.10 Å². The van der Waals surface area contributed by atoms with E-state index in [1.807, 2.05) is 0 Å². The third-order valence-corrected chi connectivity index (χ3v) is 5.26. The molecule has 2 saturated heterocycles. The molecule has 2 aliphatic rings. The number of carbonyl (C=O) groups is 2. The molecule has 0 radical (unpaired) electrons. The van der Waals surface area contributed by atoms with E-state index < -0.39 is 36.9 Å². The van der Waals surface area contributed by atoms with Crippen LogP contribution in [0.2, 0.25) is 5.02 Å². The predicted octanol–water partition coefficient (Wildman–Crippen LogP) is 2.88. The number of amides is 2. The van der Waals surface area contributed by atoms with Gasteiger partial charge in [0.25, 0.3) is 5.91 Å². The van der Waals surface area contributed by atoms with Crippen molar-refractivity contribution >= 4 is 23.6 Å². The molecule has 2 fully saturated rings. The topological polar surface area (TPSA) is 70.7 Å². The molecule has 6 nitrogen and oxygen atoms in total. The molecule has 2 atom stereocenters. The van der Waals surface area contributed by atoms with Crippen LogP contribution < -0.4 is 10.6 Å². The zero-order valence-corrected chi connectivity index (χ0v) is 15.7. The molecule has 2 heterocycles. The Morgan fingerprint density at radius 1 is 1.29 bits per heavy atom. The molecule has 0 aliphatic carbocycles. The first kappa shape index (κ1) is 20.7. The number of ether oxygens (including phenoxy) is 1. The van der Waals surface area contributed by atoms with Crippen LogP contribution in [-0.4, -0.2) is 55.4 Å². The van der Waals surface area contributed by atoms with Gasteiger partial charge in [-0.2, -0.15) is 13.2 Å². The van der Waals surface area contributed by atoms with E-state index in [-0.39, 0.29) is 12.5 Å². The summed E-state index contributed by atoms with van der Waals surface area (Å²) in [5.74, 6) is -0.476. The van der Waals surface area contributed by atoms with Crippen molar-refractivity contribution in [2.24, 2.45) is 5.92 Å². The summed E-state index contributed by atoms with van der Waals surface area (Å²) in [6.45, 7) is -0.252. The standard InChI is InChI=1S/C18H21ClF3N3O3/c19-13-3-1-11(2-4-13)15(24-16(26)14-9-23-17(27)28-14)12-5-7-25(8-6-12)10-18(20,21)22/h1-4,12,14-15H,5-10H2,(H,23,27)(H,24,26)/t14?,15-/m0/s1. The number of alkyl halides is 3. The molecular formula is C18H21ClF3N3O3. The normalized spacial score (nSPS) is 22.4. The van der Waals surface area contributed by atoms with E-state index in [0.29, 0.717) is 31.0 Å². The predicted molar refractivity (Wildman–Crippen MR) is 95.8 cm³/mol. The van der Waals surface area contributed by atoms with E-state index in [9.17, 15) is 22.8 Å². The van der Waals surface area contributed by atoms with E-state index in [1.54, 1.807) is 24.3 Å². The Hall–Kier alpha value is -2.00. The molecule has 1 aromatic rings. The molecule has 2 aliphatic heterocycles. The minimum absolute atomic E-state index is 0.0420. The highest BCUT2D eigenvalue weighted by Crippen LogP contribution is 2.32.